The van der Waals surface area contributed by atoms with E-state index in [1.54, 1.807) is 0 Å². The third kappa shape index (κ3) is 6.32. The molecule has 1 saturated heterocycles. The van der Waals surface area contributed by atoms with Crippen LogP contribution in [0.4, 0.5) is 0 Å². The first-order valence-electron chi connectivity index (χ1n) is 6.74. The van der Waals surface area contributed by atoms with Crippen molar-refractivity contribution >= 4 is 17.7 Å². The molecule has 4 heteroatoms. The molecule has 1 fully saturated rings. The Hall–Kier alpha value is -0.220. The molecule has 1 aliphatic rings. The maximum atomic E-state index is 11.7. The van der Waals surface area contributed by atoms with Crippen molar-refractivity contribution in [3.8, 4) is 0 Å². The number of unbranched alkanes of at least 4 members (excludes halogenated alkanes) is 2. The van der Waals surface area contributed by atoms with E-state index in [-0.39, 0.29) is 5.91 Å². The summed E-state index contributed by atoms with van der Waals surface area (Å²) >= 11 is 1.91. The maximum Gasteiger partial charge on any atom is 0.234 e. The Balaban J connectivity index is 2.07. The highest BCUT2D eigenvalue weighted by molar-refractivity contribution is 7.98. The Morgan fingerprint density at radius 3 is 3.00 bits per heavy atom. The van der Waals surface area contributed by atoms with Crippen LogP contribution < -0.4 is 5.32 Å². The zero-order valence-electron chi connectivity index (χ0n) is 11.2. The predicted octanol–water partition coefficient (Wildman–Crippen LogP) is 1.98. The van der Waals surface area contributed by atoms with Crippen molar-refractivity contribution in [2.75, 3.05) is 38.2 Å². The molecule has 0 radical (unpaired) electrons. The number of thioether (sulfide) groups is 1. The lowest BCUT2D eigenvalue weighted by Gasteiger charge is -2.15. The molecule has 1 heterocycles. The van der Waals surface area contributed by atoms with Gasteiger partial charge in [0.15, 0.2) is 0 Å². The van der Waals surface area contributed by atoms with Crippen molar-refractivity contribution in [3.63, 3.8) is 0 Å². The minimum Gasteiger partial charge on any atom is -0.355 e. The summed E-state index contributed by atoms with van der Waals surface area (Å²) in [6.07, 6.45) is 6.93. The first-order chi connectivity index (χ1) is 8.26. The summed E-state index contributed by atoms with van der Waals surface area (Å²) in [6, 6.07) is 0. The van der Waals surface area contributed by atoms with Gasteiger partial charge in [0.05, 0.1) is 6.54 Å². The van der Waals surface area contributed by atoms with Crippen molar-refractivity contribution in [1.82, 2.24) is 10.2 Å². The average molecular weight is 258 g/mol. The Labute approximate surface area is 110 Å². The lowest BCUT2D eigenvalue weighted by atomic mass is 10.2. The fourth-order valence-electron chi connectivity index (χ4n) is 2.29. The van der Waals surface area contributed by atoms with E-state index in [0.29, 0.717) is 6.54 Å². The third-order valence-electron chi connectivity index (χ3n) is 3.24. The molecule has 100 valence electrons. The molecule has 1 atom stereocenters. The summed E-state index contributed by atoms with van der Waals surface area (Å²) < 4.78 is 0. The third-order valence-corrected chi connectivity index (χ3v) is 4.05. The van der Waals surface area contributed by atoms with Crippen LogP contribution in [0.5, 0.6) is 0 Å². The monoisotopic (exact) mass is 258 g/mol. The van der Waals surface area contributed by atoms with Crippen LogP contribution in [0.3, 0.4) is 0 Å². The zero-order chi connectivity index (χ0) is 12.5. The molecule has 3 nitrogen and oxygen atoms in total. The average Bonchev–Trinajstić information content (AvgIpc) is 2.73. The lowest BCUT2D eigenvalue weighted by Crippen LogP contribution is -2.36. The van der Waals surface area contributed by atoms with Gasteiger partial charge in [0.2, 0.25) is 5.91 Å². The summed E-state index contributed by atoms with van der Waals surface area (Å²) in [6.45, 7) is 5.81. The molecule has 0 aromatic rings. The van der Waals surface area contributed by atoms with Gasteiger partial charge >= 0.3 is 0 Å². The number of carbonyl (C=O) groups excluding carboxylic acids is 1. The predicted molar refractivity (Wildman–Crippen MR) is 75.5 cm³/mol. The van der Waals surface area contributed by atoms with Gasteiger partial charge in [0.25, 0.3) is 0 Å². The normalized spacial score (nSPS) is 20.7. The van der Waals surface area contributed by atoms with Gasteiger partial charge in [-0.1, -0.05) is 19.8 Å². The van der Waals surface area contributed by atoms with Crippen LogP contribution in [0.2, 0.25) is 0 Å². The zero-order valence-corrected chi connectivity index (χ0v) is 12.0. The number of nitrogens with one attached hydrogen (secondary N) is 1. The highest BCUT2D eigenvalue weighted by atomic mass is 32.2. The molecule has 0 aliphatic carbocycles. The molecular weight excluding hydrogens is 232 g/mol. The molecule has 0 saturated carbocycles. The second-order valence-corrected chi connectivity index (χ2v) is 5.81. The van der Waals surface area contributed by atoms with Gasteiger partial charge in [-0.2, -0.15) is 11.8 Å². The van der Waals surface area contributed by atoms with E-state index in [2.05, 4.69) is 23.4 Å². The van der Waals surface area contributed by atoms with Crippen molar-refractivity contribution in [2.45, 2.75) is 32.6 Å². The van der Waals surface area contributed by atoms with Gasteiger partial charge in [-0.15, -0.1) is 0 Å². The van der Waals surface area contributed by atoms with Gasteiger partial charge in [-0.3, -0.25) is 9.69 Å². The van der Waals surface area contributed by atoms with E-state index < -0.39 is 0 Å². The standard InChI is InChI=1S/C13H26N2OS/c1-3-4-5-7-14-13(16)10-15-8-6-12(9-15)11-17-2/h12H,3-11H2,1-2H3,(H,14,16)/t12-/m1/s1. The molecule has 0 aromatic heterocycles. The number of nitrogens with zero attached hydrogens (tertiary/aromatic N) is 1. The van der Waals surface area contributed by atoms with E-state index in [1.165, 1.54) is 25.0 Å². The number of hydrogen-bond donors (Lipinski definition) is 1. The summed E-state index contributed by atoms with van der Waals surface area (Å²) in [4.78, 5) is 14.0. The van der Waals surface area contributed by atoms with Gasteiger partial charge in [0.1, 0.15) is 0 Å². The lowest BCUT2D eigenvalue weighted by molar-refractivity contribution is -0.122. The van der Waals surface area contributed by atoms with Crippen molar-refractivity contribution in [3.05, 3.63) is 0 Å². The van der Waals surface area contributed by atoms with Crippen LogP contribution in [0.15, 0.2) is 0 Å². The van der Waals surface area contributed by atoms with E-state index in [0.717, 1.165) is 32.0 Å². The van der Waals surface area contributed by atoms with Gasteiger partial charge in [-0.05, 0) is 37.3 Å². The molecule has 0 spiro atoms. The van der Waals surface area contributed by atoms with Crippen LogP contribution in [0.1, 0.15) is 32.6 Å². The molecule has 17 heavy (non-hydrogen) atoms. The van der Waals surface area contributed by atoms with E-state index in [9.17, 15) is 4.79 Å². The number of rotatable bonds is 8. The SMILES string of the molecule is CCCCCNC(=O)CN1CC[C@@H](CSC)C1. The fraction of sp³-hybridized carbons (Fsp3) is 0.923. The van der Waals surface area contributed by atoms with E-state index in [1.807, 2.05) is 11.8 Å². The summed E-state index contributed by atoms with van der Waals surface area (Å²) in [7, 11) is 0. The molecule has 0 bridgehead atoms. The summed E-state index contributed by atoms with van der Waals surface area (Å²) in [5.41, 5.74) is 0. The summed E-state index contributed by atoms with van der Waals surface area (Å²) in [5, 5.41) is 3.01. The van der Waals surface area contributed by atoms with E-state index >= 15 is 0 Å². The van der Waals surface area contributed by atoms with Crippen LogP contribution in [-0.2, 0) is 4.79 Å². The van der Waals surface area contributed by atoms with Gasteiger partial charge in [0, 0.05) is 13.1 Å². The Bertz CT molecular complexity index is 223. The van der Waals surface area contributed by atoms with Crippen LogP contribution in [0.25, 0.3) is 0 Å². The Morgan fingerprint density at radius 1 is 1.47 bits per heavy atom. The largest absolute Gasteiger partial charge is 0.355 e. The highest BCUT2D eigenvalue weighted by Crippen LogP contribution is 2.18. The van der Waals surface area contributed by atoms with Gasteiger partial charge < -0.3 is 5.32 Å². The van der Waals surface area contributed by atoms with Crippen LogP contribution >= 0.6 is 11.8 Å². The summed E-state index contributed by atoms with van der Waals surface area (Å²) in [5.74, 6) is 2.22. The minimum absolute atomic E-state index is 0.200. The first kappa shape index (κ1) is 14.8. The molecule has 0 unspecified atom stereocenters. The van der Waals surface area contributed by atoms with E-state index in [4.69, 9.17) is 0 Å². The molecule has 0 aromatic carbocycles. The van der Waals surface area contributed by atoms with Crippen LogP contribution in [0, 0.1) is 5.92 Å². The highest BCUT2D eigenvalue weighted by Gasteiger charge is 2.23. The number of hydrogen-bond acceptors (Lipinski definition) is 3. The molecule has 1 amide bonds. The van der Waals surface area contributed by atoms with Crippen molar-refractivity contribution < 1.29 is 4.79 Å². The topological polar surface area (TPSA) is 32.3 Å². The fourth-order valence-corrected chi connectivity index (χ4v) is 3.03. The molecular formula is C13H26N2OS. The maximum absolute atomic E-state index is 11.7. The van der Waals surface area contributed by atoms with Crippen LogP contribution in [-0.4, -0.2) is 49.0 Å². The number of carbonyl (C=O) groups is 1. The smallest absolute Gasteiger partial charge is 0.234 e. The second-order valence-electron chi connectivity index (χ2n) is 4.90. The molecule has 1 rings (SSSR count). The number of amides is 1. The Morgan fingerprint density at radius 2 is 2.29 bits per heavy atom. The number of likely N-dealkylation sites (tertiary alicyclic amines) is 1. The first-order valence-corrected chi connectivity index (χ1v) is 8.13. The quantitative estimate of drug-likeness (QED) is 0.676. The molecule has 1 N–H and O–H groups in total. The van der Waals surface area contributed by atoms with Gasteiger partial charge in [-0.25, -0.2) is 0 Å². The van der Waals surface area contributed by atoms with Crippen molar-refractivity contribution in [1.29, 1.82) is 0 Å². The Kier molecular flexibility index (Phi) is 7.69. The van der Waals surface area contributed by atoms with Crippen molar-refractivity contribution in [2.24, 2.45) is 5.92 Å². The molecule has 1 aliphatic heterocycles. The second kappa shape index (κ2) is 8.81. The minimum atomic E-state index is 0.200.